The fourth-order valence-electron chi connectivity index (χ4n) is 5.62. The van der Waals surface area contributed by atoms with E-state index in [0.717, 1.165) is 41.9 Å². The highest BCUT2D eigenvalue weighted by molar-refractivity contribution is 6.07. The number of aryl methyl sites for hydroxylation is 3. The maximum Gasteiger partial charge on any atom is 0.272 e. The van der Waals surface area contributed by atoms with Crippen molar-refractivity contribution in [1.29, 1.82) is 0 Å². The van der Waals surface area contributed by atoms with Gasteiger partial charge >= 0.3 is 0 Å². The van der Waals surface area contributed by atoms with Crippen molar-refractivity contribution in [3.63, 3.8) is 0 Å². The van der Waals surface area contributed by atoms with Gasteiger partial charge < -0.3 is 39.7 Å². The number of morpholine rings is 1. The molecule has 4 aromatic heterocycles. The predicted molar refractivity (Wildman–Crippen MR) is 186 cm³/mol. The summed E-state index contributed by atoms with van der Waals surface area (Å²) >= 11 is 0. The number of aromatic nitrogens is 4. The van der Waals surface area contributed by atoms with Crippen LogP contribution in [0.15, 0.2) is 79.4 Å². The minimum absolute atomic E-state index is 0.216. The van der Waals surface area contributed by atoms with E-state index in [1.165, 1.54) is 0 Å². The zero-order chi connectivity index (χ0) is 33.6. The lowest BCUT2D eigenvalue weighted by molar-refractivity contribution is 0.0383. The highest BCUT2D eigenvalue weighted by Gasteiger charge is 2.19. The van der Waals surface area contributed by atoms with Crippen LogP contribution >= 0.6 is 0 Å². The van der Waals surface area contributed by atoms with Crippen molar-refractivity contribution < 1.29 is 19.1 Å². The summed E-state index contributed by atoms with van der Waals surface area (Å²) in [6, 6.07) is 16.9. The molecule has 0 atom stereocenters. The van der Waals surface area contributed by atoms with Gasteiger partial charge in [-0.1, -0.05) is 24.3 Å². The van der Waals surface area contributed by atoms with Gasteiger partial charge in [0.15, 0.2) is 0 Å². The number of ether oxygens (including phenoxy) is 1. The van der Waals surface area contributed by atoms with Crippen LogP contribution in [0.25, 0.3) is 17.0 Å². The Morgan fingerprint density at radius 2 is 1.35 bits per heavy atom. The normalized spacial score (nSPS) is 13.6. The number of benzene rings is 1. The average molecular weight is 650 g/mol. The molecule has 0 radical (unpaired) electrons. The Morgan fingerprint density at radius 1 is 0.771 bits per heavy atom. The van der Waals surface area contributed by atoms with E-state index in [9.17, 15) is 14.4 Å². The van der Waals surface area contributed by atoms with Crippen LogP contribution in [0.4, 0.5) is 17.1 Å². The molecule has 1 aromatic carbocycles. The van der Waals surface area contributed by atoms with Crippen molar-refractivity contribution in [1.82, 2.24) is 28.9 Å². The van der Waals surface area contributed by atoms with E-state index in [-0.39, 0.29) is 17.7 Å². The molecule has 6 rings (SSSR count). The predicted octanol–water partition coefficient (Wildman–Crippen LogP) is 3.90. The maximum atomic E-state index is 13.2. The van der Waals surface area contributed by atoms with E-state index < -0.39 is 0 Å². The molecule has 3 amide bonds. The molecule has 48 heavy (non-hydrogen) atoms. The lowest BCUT2D eigenvalue weighted by Gasteiger charge is -2.26. The Labute approximate surface area is 278 Å². The van der Waals surface area contributed by atoms with Gasteiger partial charge in [0.1, 0.15) is 17.1 Å². The van der Waals surface area contributed by atoms with Gasteiger partial charge in [-0.15, -0.1) is 0 Å². The SMILES string of the molecule is Cn1cc(NC(=O)c2cc(NC(=O)c3cc(N/C=C/c4ccc5ccccc5n4)cn3C)cn2C)cc1C(=O)NCCN1CCOCC1. The number of hydrogen-bond donors (Lipinski definition) is 4. The molecule has 0 saturated carbocycles. The molecule has 248 valence electrons. The van der Waals surface area contributed by atoms with Gasteiger partial charge in [0.05, 0.1) is 41.5 Å². The molecule has 13 heteroatoms. The summed E-state index contributed by atoms with van der Waals surface area (Å²) in [5.41, 5.74) is 4.64. The van der Waals surface area contributed by atoms with Crippen LogP contribution < -0.4 is 21.3 Å². The van der Waals surface area contributed by atoms with Gasteiger partial charge in [0.2, 0.25) is 0 Å². The Balaban J connectivity index is 1.03. The molecule has 0 unspecified atom stereocenters. The van der Waals surface area contributed by atoms with Crippen LogP contribution in [0.2, 0.25) is 0 Å². The van der Waals surface area contributed by atoms with Crippen molar-refractivity contribution in [3.05, 3.63) is 102 Å². The third-order valence-corrected chi connectivity index (χ3v) is 8.17. The molecule has 4 N–H and O–H groups in total. The summed E-state index contributed by atoms with van der Waals surface area (Å²) in [5, 5.41) is 13.0. The fourth-order valence-corrected chi connectivity index (χ4v) is 5.62. The highest BCUT2D eigenvalue weighted by Crippen LogP contribution is 2.20. The molecule has 5 aromatic rings. The quantitative estimate of drug-likeness (QED) is 0.170. The second-order valence-corrected chi connectivity index (χ2v) is 11.7. The van der Waals surface area contributed by atoms with Gasteiger partial charge in [-0.05, 0) is 36.4 Å². The smallest absolute Gasteiger partial charge is 0.272 e. The lowest BCUT2D eigenvalue weighted by Crippen LogP contribution is -2.41. The van der Waals surface area contributed by atoms with Crippen molar-refractivity contribution in [2.24, 2.45) is 21.1 Å². The number of hydrogen-bond acceptors (Lipinski definition) is 7. The largest absolute Gasteiger partial charge is 0.379 e. The van der Waals surface area contributed by atoms with Crippen LogP contribution in [0, 0.1) is 0 Å². The summed E-state index contributed by atoms with van der Waals surface area (Å²) < 4.78 is 10.4. The monoisotopic (exact) mass is 649 g/mol. The Kier molecular flexibility index (Phi) is 9.69. The molecule has 0 spiro atoms. The van der Waals surface area contributed by atoms with Gasteiger partial charge in [0, 0.05) is 77.5 Å². The summed E-state index contributed by atoms with van der Waals surface area (Å²) in [5.74, 6) is -0.913. The molecule has 1 fully saturated rings. The number of amides is 3. The number of nitrogens with one attached hydrogen (secondary N) is 4. The zero-order valence-corrected chi connectivity index (χ0v) is 27.2. The van der Waals surface area contributed by atoms with Gasteiger partial charge in [-0.3, -0.25) is 19.3 Å². The first kappa shape index (κ1) is 32.3. The fraction of sp³-hybridized carbons (Fsp3) is 0.257. The third-order valence-electron chi connectivity index (χ3n) is 8.17. The van der Waals surface area contributed by atoms with Crippen molar-refractivity contribution in [2.45, 2.75) is 0 Å². The van der Waals surface area contributed by atoms with Gasteiger partial charge in [-0.25, -0.2) is 4.98 Å². The second kappa shape index (κ2) is 14.4. The third kappa shape index (κ3) is 7.65. The van der Waals surface area contributed by atoms with E-state index in [4.69, 9.17) is 4.74 Å². The Bertz CT molecular complexity index is 1980. The first-order valence-electron chi connectivity index (χ1n) is 15.7. The second-order valence-electron chi connectivity index (χ2n) is 11.7. The molecule has 0 bridgehead atoms. The Hall–Kier alpha value is -5.66. The number of carbonyl (C=O) groups excluding carboxylic acids is 3. The van der Waals surface area contributed by atoms with Gasteiger partial charge in [-0.2, -0.15) is 0 Å². The number of para-hydroxylation sites is 1. The first-order valence-corrected chi connectivity index (χ1v) is 15.7. The van der Waals surface area contributed by atoms with Crippen molar-refractivity contribution in [2.75, 3.05) is 55.3 Å². The van der Waals surface area contributed by atoms with E-state index in [1.807, 2.05) is 48.7 Å². The number of pyridine rings is 1. The van der Waals surface area contributed by atoms with E-state index in [0.29, 0.717) is 48.2 Å². The van der Waals surface area contributed by atoms with Crippen LogP contribution in [0.3, 0.4) is 0 Å². The molecule has 1 aliphatic heterocycles. The van der Waals surface area contributed by atoms with Crippen molar-refractivity contribution >= 4 is 51.8 Å². The maximum absolute atomic E-state index is 13.2. The molecular formula is C35H39N9O4. The standard InChI is InChI=1S/C35H39N9O4/c1-41-21-26(36-11-10-25-9-8-24-6-4-5-7-29(24)38-25)18-31(41)34(46)40-28-20-32(43(3)23-28)35(47)39-27-19-30(42(2)22-27)33(45)37-12-13-44-14-16-48-17-15-44/h4-11,18-23,36H,12-17H2,1-3H3,(H,37,45)(H,39,47)(H,40,46)/b11-10+. The number of carbonyl (C=O) groups is 3. The summed E-state index contributed by atoms with van der Waals surface area (Å²) in [4.78, 5) is 46.0. The van der Waals surface area contributed by atoms with Gasteiger partial charge in [0.25, 0.3) is 17.7 Å². The van der Waals surface area contributed by atoms with Crippen molar-refractivity contribution in [3.8, 4) is 0 Å². The highest BCUT2D eigenvalue weighted by atomic mass is 16.5. The molecule has 1 aliphatic rings. The summed E-state index contributed by atoms with van der Waals surface area (Å²) in [6.07, 6.45) is 8.83. The first-order chi connectivity index (χ1) is 23.2. The van der Waals surface area contributed by atoms with Crippen LogP contribution in [0.5, 0.6) is 0 Å². The van der Waals surface area contributed by atoms with Crippen LogP contribution in [-0.4, -0.2) is 80.7 Å². The minimum Gasteiger partial charge on any atom is -0.379 e. The summed E-state index contributed by atoms with van der Waals surface area (Å²) in [6.45, 7) is 4.40. The number of rotatable bonds is 11. The number of fused-ring (bicyclic) bond motifs is 1. The number of nitrogens with zero attached hydrogens (tertiary/aromatic N) is 5. The number of anilines is 3. The van der Waals surface area contributed by atoms with E-state index in [1.54, 1.807) is 71.6 Å². The average Bonchev–Trinajstić information content (AvgIpc) is 3.76. The topological polar surface area (TPSA) is 139 Å². The molecule has 13 nitrogen and oxygen atoms in total. The van der Waals surface area contributed by atoms with Crippen LogP contribution in [-0.2, 0) is 25.9 Å². The lowest BCUT2D eigenvalue weighted by atomic mass is 10.2. The molecule has 1 saturated heterocycles. The van der Waals surface area contributed by atoms with E-state index >= 15 is 0 Å². The molecule has 5 heterocycles. The summed E-state index contributed by atoms with van der Waals surface area (Å²) in [7, 11) is 5.27. The molecular weight excluding hydrogens is 610 g/mol. The minimum atomic E-state index is -0.374. The van der Waals surface area contributed by atoms with Crippen LogP contribution in [0.1, 0.15) is 37.2 Å². The molecule has 0 aliphatic carbocycles. The Morgan fingerprint density at radius 3 is 2.02 bits per heavy atom. The van der Waals surface area contributed by atoms with E-state index in [2.05, 4.69) is 31.2 Å². The zero-order valence-electron chi connectivity index (χ0n) is 27.2.